The first-order valence-corrected chi connectivity index (χ1v) is 10.6. The normalized spacial score (nSPS) is 11.7. The van der Waals surface area contributed by atoms with Crippen LogP contribution >= 0.6 is 0 Å². The van der Waals surface area contributed by atoms with E-state index in [0.717, 1.165) is 0 Å². The molecule has 1 amide bonds. The Morgan fingerprint density at radius 3 is 2.49 bits per heavy atom. The van der Waals surface area contributed by atoms with Gasteiger partial charge in [-0.05, 0) is 55.8 Å². The first-order valence-electron chi connectivity index (χ1n) is 10.6. The number of rotatable bonds is 8. The van der Waals surface area contributed by atoms with E-state index in [1.165, 1.54) is 31.5 Å². The number of carbonyl (C=O) groups excluding carboxylic acids is 2. The van der Waals surface area contributed by atoms with Crippen LogP contribution in [0, 0.1) is 5.41 Å². The van der Waals surface area contributed by atoms with Crippen LogP contribution in [-0.4, -0.2) is 33.5 Å². The van der Waals surface area contributed by atoms with Crippen molar-refractivity contribution >= 4 is 45.6 Å². The van der Waals surface area contributed by atoms with Gasteiger partial charge in [0.05, 0.1) is 34.5 Å². The highest BCUT2D eigenvalue weighted by Gasteiger charge is 2.21. The van der Waals surface area contributed by atoms with Crippen molar-refractivity contribution in [3.8, 4) is 11.3 Å². The number of pyridine rings is 1. The number of nitrogens with two attached hydrogens (primary N) is 1. The summed E-state index contributed by atoms with van der Waals surface area (Å²) in [5, 5.41) is 21.2. The molecule has 0 spiro atoms. The number of primary amides is 1. The Hall–Kier alpha value is -4.79. The quantitative estimate of drug-likeness (QED) is 0.270. The van der Waals surface area contributed by atoms with Gasteiger partial charge in [-0.15, -0.1) is 0 Å². The molecular formula is C26H22N4O5. The number of carbonyl (C=O) groups is 3. The van der Waals surface area contributed by atoms with Gasteiger partial charge in [-0.3, -0.25) is 14.6 Å². The molecule has 4 rings (SSSR count). The molecule has 176 valence electrons. The number of carboxylic acid groups (broad SMARTS) is 1. The molecule has 2 heterocycles. The summed E-state index contributed by atoms with van der Waals surface area (Å²) in [6, 6.07) is 13.1. The molecule has 5 N–H and O–H groups in total. The Labute approximate surface area is 200 Å². The highest BCUT2D eigenvalue weighted by Crippen LogP contribution is 2.33. The summed E-state index contributed by atoms with van der Waals surface area (Å²) in [7, 11) is 0. The predicted molar refractivity (Wildman–Crippen MR) is 131 cm³/mol. The summed E-state index contributed by atoms with van der Waals surface area (Å²) in [6.07, 6.45) is 2.81. The van der Waals surface area contributed by atoms with Crippen molar-refractivity contribution in [1.29, 1.82) is 5.41 Å². The molecule has 0 fully saturated rings. The number of amides is 1. The Morgan fingerprint density at radius 2 is 1.89 bits per heavy atom. The van der Waals surface area contributed by atoms with E-state index in [-0.39, 0.29) is 22.6 Å². The second kappa shape index (κ2) is 9.22. The number of nitrogens with zero attached hydrogens (tertiary/aromatic N) is 1. The summed E-state index contributed by atoms with van der Waals surface area (Å²) in [6.45, 7) is 2.99. The van der Waals surface area contributed by atoms with Gasteiger partial charge in [-0.25, -0.2) is 4.79 Å². The molecular weight excluding hydrogens is 448 g/mol. The lowest BCUT2D eigenvalue weighted by Gasteiger charge is -2.17. The first-order chi connectivity index (χ1) is 16.7. The lowest BCUT2D eigenvalue weighted by atomic mass is 9.90. The maximum Gasteiger partial charge on any atom is 0.335 e. The van der Waals surface area contributed by atoms with Crippen molar-refractivity contribution in [1.82, 2.24) is 4.98 Å². The van der Waals surface area contributed by atoms with E-state index in [1.807, 2.05) is 0 Å². The van der Waals surface area contributed by atoms with Crippen LogP contribution in [0.4, 0.5) is 11.4 Å². The van der Waals surface area contributed by atoms with Crippen LogP contribution in [0.2, 0.25) is 0 Å². The number of ketones is 1. The van der Waals surface area contributed by atoms with Crippen molar-refractivity contribution < 1.29 is 23.9 Å². The average Bonchev–Trinajstić information content (AvgIpc) is 3.33. The molecule has 0 aliphatic heterocycles. The Balaban J connectivity index is 1.87. The minimum Gasteiger partial charge on any atom is -0.478 e. The fraction of sp³-hybridized carbons (Fsp3) is 0.115. The molecule has 0 radical (unpaired) electrons. The summed E-state index contributed by atoms with van der Waals surface area (Å²) in [4.78, 5) is 40.4. The van der Waals surface area contributed by atoms with E-state index < -0.39 is 17.8 Å². The van der Waals surface area contributed by atoms with E-state index in [0.29, 0.717) is 39.2 Å². The Kier molecular flexibility index (Phi) is 6.16. The van der Waals surface area contributed by atoms with Gasteiger partial charge in [0, 0.05) is 28.5 Å². The average molecular weight is 470 g/mol. The number of hydrogen-bond acceptors (Lipinski definition) is 7. The number of benzene rings is 2. The van der Waals surface area contributed by atoms with Crippen LogP contribution in [0.15, 0.2) is 65.4 Å². The smallest absolute Gasteiger partial charge is 0.335 e. The van der Waals surface area contributed by atoms with Gasteiger partial charge in [0.2, 0.25) is 0 Å². The number of aromatic carboxylic acids is 1. The Bertz CT molecular complexity index is 1480. The number of fused-ring (bicyclic) bond motifs is 1. The van der Waals surface area contributed by atoms with Gasteiger partial charge in [0.15, 0.2) is 0 Å². The van der Waals surface area contributed by atoms with E-state index in [4.69, 9.17) is 15.6 Å². The summed E-state index contributed by atoms with van der Waals surface area (Å²) < 4.78 is 5.42. The Morgan fingerprint density at radius 1 is 1.11 bits per heavy atom. The van der Waals surface area contributed by atoms with Gasteiger partial charge in [-0.1, -0.05) is 12.1 Å². The van der Waals surface area contributed by atoms with E-state index >= 15 is 0 Å². The molecule has 2 aromatic carbocycles. The third-order valence-corrected chi connectivity index (χ3v) is 5.59. The van der Waals surface area contributed by atoms with Crippen molar-refractivity contribution in [2.24, 2.45) is 5.73 Å². The summed E-state index contributed by atoms with van der Waals surface area (Å²) >= 11 is 0. The second-order valence-corrected chi connectivity index (χ2v) is 8.12. The largest absolute Gasteiger partial charge is 0.478 e. The van der Waals surface area contributed by atoms with Crippen LogP contribution in [0.3, 0.4) is 0 Å². The maximum absolute atomic E-state index is 12.2. The zero-order chi connectivity index (χ0) is 25.3. The summed E-state index contributed by atoms with van der Waals surface area (Å²) in [5.41, 5.74) is 8.29. The molecule has 0 saturated heterocycles. The number of anilines is 2. The first kappa shape index (κ1) is 23.4. The van der Waals surface area contributed by atoms with Crippen molar-refractivity contribution in [2.75, 3.05) is 5.32 Å². The third kappa shape index (κ3) is 4.65. The van der Waals surface area contributed by atoms with Crippen LogP contribution in [0.1, 0.15) is 46.0 Å². The number of carboxylic acids is 1. The molecule has 35 heavy (non-hydrogen) atoms. The molecule has 1 unspecified atom stereocenters. The monoisotopic (exact) mass is 470 g/mol. The lowest BCUT2D eigenvalue weighted by molar-refractivity contribution is -0.117. The fourth-order valence-electron chi connectivity index (χ4n) is 4.05. The maximum atomic E-state index is 12.2. The predicted octanol–water partition coefficient (Wildman–Crippen LogP) is 4.75. The minimum atomic E-state index is -1.13. The van der Waals surface area contributed by atoms with Crippen molar-refractivity contribution in [3.63, 3.8) is 0 Å². The number of aromatic nitrogens is 1. The number of hydrogen-bond donors (Lipinski definition) is 4. The molecule has 0 aliphatic rings. The second-order valence-electron chi connectivity index (χ2n) is 8.12. The van der Waals surface area contributed by atoms with E-state index in [1.54, 1.807) is 43.3 Å². The molecule has 1 atom stereocenters. The topological polar surface area (TPSA) is 159 Å². The van der Waals surface area contributed by atoms with Gasteiger partial charge in [-0.2, -0.15) is 0 Å². The third-order valence-electron chi connectivity index (χ3n) is 5.59. The highest BCUT2D eigenvalue weighted by molar-refractivity contribution is 6.10. The molecule has 9 heteroatoms. The van der Waals surface area contributed by atoms with Crippen LogP contribution in [-0.2, 0) is 4.79 Å². The highest BCUT2D eigenvalue weighted by atomic mass is 16.4. The molecule has 2 aromatic heterocycles. The van der Waals surface area contributed by atoms with E-state index in [9.17, 15) is 19.5 Å². The van der Waals surface area contributed by atoms with Gasteiger partial charge < -0.3 is 26.0 Å². The molecule has 9 nitrogen and oxygen atoms in total. The lowest BCUT2D eigenvalue weighted by Crippen LogP contribution is -2.17. The van der Waals surface area contributed by atoms with Crippen molar-refractivity contribution in [3.05, 3.63) is 77.7 Å². The number of furan rings is 1. The molecule has 0 aliphatic carbocycles. The molecule has 0 bridgehead atoms. The minimum absolute atomic E-state index is 0.0217. The number of Topliss-reactive ketones (excluding diaryl/α,β-unsaturated/α-hetero) is 1. The zero-order valence-electron chi connectivity index (χ0n) is 19.0. The van der Waals surface area contributed by atoms with E-state index in [2.05, 4.69) is 10.3 Å². The SMILES string of the molecule is CC(=N)C(C(C)=O)c1ccc2c(Nc3cc(C(=O)O)cc(-c4ccco4)c3)c(C(N)=O)cnc2c1. The van der Waals surface area contributed by atoms with Crippen LogP contribution < -0.4 is 11.1 Å². The molecule has 4 aromatic rings. The van der Waals surface area contributed by atoms with Crippen molar-refractivity contribution in [2.45, 2.75) is 19.8 Å². The van der Waals surface area contributed by atoms with Crippen LogP contribution in [0.5, 0.6) is 0 Å². The fourth-order valence-corrected chi connectivity index (χ4v) is 4.05. The summed E-state index contributed by atoms with van der Waals surface area (Å²) in [5.74, 6) is -2.23. The van der Waals surface area contributed by atoms with Gasteiger partial charge in [0.1, 0.15) is 11.5 Å². The number of nitrogens with one attached hydrogen (secondary N) is 2. The van der Waals surface area contributed by atoms with Crippen LogP contribution in [0.25, 0.3) is 22.2 Å². The standard InChI is InChI=1S/C26H22N4O5/c1-13(27)23(14(2)31)15-5-6-19-21(11-15)29-12-20(25(28)32)24(19)30-18-9-16(22-4-3-7-35-22)8-17(10-18)26(33)34/h3-12,23,27H,1-2H3,(H2,28,32)(H,29,30)(H,33,34). The molecule has 0 saturated carbocycles. The zero-order valence-corrected chi connectivity index (χ0v) is 19.0. The van der Waals surface area contributed by atoms with Gasteiger partial charge >= 0.3 is 5.97 Å². The van der Waals surface area contributed by atoms with Gasteiger partial charge in [0.25, 0.3) is 5.91 Å².